The first-order chi connectivity index (χ1) is 6.74. The van der Waals surface area contributed by atoms with E-state index in [1.807, 2.05) is 0 Å². The molecule has 0 bridgehead atoms. The Labute approximate surface area is 97.6 Å². The molecule has 5 heteroatoms. The first-order valence-corrected chi connectivity index (χ1v) is 5.55. The summed E-state index contributed by atoms with van der Waals surface area (Å²) in [5, 5.41) is 0. The second-order valence-corrected chi connectivity index (χ2v) is 4.38. The number of hydrogen-bond acceptors (Lipinski definition) is 3. The fourth-order valence-corrected chi connectivity index (χ4v) is 2.28. The van der Waals surface area contributed by atoms with Crippen LogP contribution in [0.4, 0.5) is 0 Å². The van der Waals surface area contributed by atoms with Gasteiger partial charge in [0.25, 0.3) is 0 Å². The Morgan fingerprint density at radius 1 is 1.21 bits per heavy atom. The minimum absolute atomic E-state index is 0.500. The smallest absolute Gasteiger partial charge is 0.177 e. The molecule has 2 rings (SSSR count). The lowest BCUT2D eigenvalue weighted by Gasteiger charge is -2.21. The highest BCUT2D eigenvalue weighted by Gasteiger charge is 2.20. The Balaban J connectivity index is 2.64. The zero-order valence-corrected chi connectivity index (χ0v) is 10.2. The van der Waals surface area contributed by atoms with Gasteiger partial charge in [0.2, 0.25) is 0 Å². The molecule has 0 unspecified atom stereocenters. The van der Waals surface area contributed by atoms with Gasteiger partial charge in [-0.3, -0.25) is 4.79 Å². The minimum Gasteiger partial charge on any atom is -0.485 e. The number of fused-ring (bicyclic) bond motifs is 1. The van der Waals surface area contributed by atoms with Crippen LogP contribution in [0.2, 0.25) is 0 Å². The molecule has 0 radical (unpaired) electrons. The number of ether oxygens (including phenoxy) is 2. The highest BCUT2D eigenvalue weighted by atomic mass is 79.9. The molecule has 1 heterocycles. The molecule has 1 aromatic carbocycles. The third-order valence-corrected chi connectivity index (χ3v) is 3.27. The molecule has 0 spiro atoms. The molecule has 3 nitrogen and oxygen atoms in total. The quantitative estimate of drug-likeness (QED) is 0.746. The lowest BCUT2D eigenvalue weighted by atomic mass is 10.2. The number of benzene rings is 1. The number of rotatable bonds is 1. The summed E-state index contributed by atoms with van der Waals surface area (Å²) in [4.78, 5) is 10.7. The van der Waals surface area contributed by atoms with Crippen LogP contribution in [0.3, 0.4) is 0 Å². The average Bonchev–Trinajstić information content (AvgIpc) is 2.23. The maximum absolute atomic E-state index is 10.7. The summed E-state index contributed by atoms with van der Waals surface area (Å²) in [7, 11) is 0. The molecule has 0 aromatic heterocycles. The molecule has 0 fully saturated rings. The second-order valence-electron chi connectivity index (χ2n) is 2.73. The van der Waals surface area contributed by atoms with E-state index in [1.54, 1.807) is 6.07 Å². The highest BCUT2D eigenvalue weighted by Crippen LogP contribution is 2.44. The number of aldehydes is 1. The molecular weight excluding hydrogens is 316 g/mol. The Kier molecular flexibility index (Phi) is 2.78. The van der Waals surface area contributed by atoms with Crippen LogP contribution in [0.15, 0.2) is 15.0 Å². The largest absolute Gasteiger partial charge is 0.485 e. The molecule has 14 heavy (non-hydrogen) atoms. The Morgan fingerprint density at radius 2 is 1.86 bits per heavy atom. The van der Waals surface area contributed by atoms with E-state index in [4.69, 9.17) is 9.47 Å². The van der Waals surface area contributed by atoms with Gasteiger partial charge in [-0.25, -0.2) is 0 Å². The van der Waals surface area contributed by atoms with Gasteiger partial charge in [0.15, 0.2) is 17.8 Å². The summed E-state index contributed by atoms with van der Waals surface area (Å²) in [5.41, 5.74) is 0.543. The van der Waals surface area contributed by atoms with Crippen molar-refractivity contribution in [1.29, 1.82) is 0 Å². The van der Waals surface area contributed by atoms with Gasteiger partial charge < -0.3 is 9.47 Å². The van der Waals surface area contributed by atoms with E-state index in [-0.39, 0.29) is 0 Å². The number of hydrogen-bond donors (Lipinski definition) is 0. The molecule has 0 saturated carbocycles. The molecule has 0 aliphatic carbocycles. The molecule has 74 valence electrons. The summed E-state index contributed by atoms with van der Waals surface area (Å²) < 4.78 is 12.2. The maximum atomic E-state index is 10.7. The van der Waals surface area contributed by atoms with Crippen molar-refractivity contribution >= 4 is 38.1 Å². The van der Waals surface area contributed by atoms with E-state index in [1.165, 1.54) is 0 Å². The Bertz CT molecular complexity index is 390. The van der Waals surface area contributed by atoms with E-state index < -0.39 is 0 Å². The van der Waals surface area contributed by atoms with Crippen molar-refractivity contribution in [3.8, 4) is 11.5 Å². The molecule has 1 aromatic rings. The predicted octanol–water partition coefficient (Wildman–Crippen LogP) is 2.80. The van der Waals surface area contributed by atoms with Crippen LogP contribution >= 0.6 is 31.9 Å². The summed E-state index contributed by atoms with van der Waals surface area (Å²) in [5.74, 6) is 1.24. The molecular formula is C9H6Br2O3. The molecule has 0 amide bonds. The van der Waals surface area contributed by atoms with Gasteiger partial charge in [0, 0.05) is 5.56 Å². The van der Waals surface area contributed by atoms with E-state index in [0.717, 1.165) is 10.8 Å². The molecule has 0 atom stereocenters. The second kappa shape index (κ2) is 3.90. The first-order valence-electron chi connectivity index (χ1n) is 3.97. The van der Waals surface area contributed by atoms with Gasteiger partial charge in [-0.1, -0.05) is 0 Å². The van der Waals surface area contributed by atoms with Crippen molar-refractivity contribution in [2.75, 3.05) is 13.2 Å². The van der Waals surface area contributed by atoms with Crippen molar-refractivity contribution < 1.29 is 14.3 Å². The zero-order valence-electron chi connectivity index (χ0n) is 7.05. The molecule has 1 aliphatic heterocycles. The lowest BCUT2D eigenvalue weighted by molar-refractivity contribution is 0.112. The highest BCUT2D eigenvalue weighted by molar-refractivity contribution is 9.11. The fourth-order valence-electron chi connectivity index (χ4n) is 1.24. The topological polar surface area (TPSA) is 35.5 Å². The number of halogens is 2. The Morgan fingerprint density at radius 3 is 2.50 bits per heavy atom. The van der Waals surface area contributed by atoms with Crippen molar-refractivity contribution in [3.05, 3.63) is 20.6 Å². The van der Waals surface area contributed by atoms with E-state index in [0.29, 0.717) is 34.7 Å². The number of carbonyl (C=O) groups excluding carboxylic acids is 1. The summed E-state index contributed by atoms with van der Waals surface area (Å²) in [6, 6.07) is 1.70. The van der Waals surface area contributed by atoms with Crippen LogP contribution in [0.25, 0.3) is 0 Å². The van der Waals surface area contributed by atoms with Crippen LogP contribution in [-0.2, 0) is 0 Å². The normalized spacial score (nSPS) is 13.9. The van der Waals surface area contributed by atoms with Crippen molar-refractivity contribution in [2.24, 2.45) is 0 Å². The Hall–Kier alpha value is -0.550. The van der Waals surface area contributed by atoms with E-state index in [9.17, 15) is 4.79 Å². The summed E-state index contributed by atoms with van der Waals surface area (Å²) in [6.45, 7) is 1.03. The van der Waals surface area contributed by atoms with Gasteiger partial charge in [-0.05, 0) is 37.9 Å². The first kappa shape index (κ1) is 9.98. The van der Waals surface area contributed by atoms with Crippen LogP contribution in [0, 0.1) is 0 Å². The van der Waals surface area contributed by atoms with Crippen molar-refractivity contribution in [1.82, 2.24) is 0 Å². The SMILES string of the molecule is O=Cc1cc(Br)c2c(c1Br)OCCO2. The third kappa shape index (κ3) is 1.54. The molecule has 1 aliphatic rings. The molecule has 0 saturated heterocycles. The molecule has 0 N–H and O–H groups in total. The van der Waals surface area contributed by atoms with Gasteiger partial charge in [0.1, 0.15) is 13.2 Å². The van der Waals surface area contributed by atoms with Crippen molar-refractivity contribution in [2.45, 2.75) is 0 Å². The van der Waals surface area contributed by atoms with E-state index >= 15 is 0 Å². The van der Waals surface area contributed by atoms with Crippen LogP contribution in [-0.4, -0.2) is 19.5 Å². The standard InChI is InChI=1S/C9H6Br2O3/c10-6-3-5(4-12)7(11)9-8(6)13-1-2-14-9/h3-4H,1-2H2. The van der Waals surface area contributed by atoms with Crippen LogP contribution < -0.4 is 9.47 Å². The summed E-state index contributed by atoms with van der Waals surface area (Å²) in [6.07, 6.45) is 0.771. The van der Waals surface area contributed by atoms with E-state index in [2.05, 4.69) is 31.9 Å². The average molecular weight is 322 g/mol. The number of carbonyl (C=O) groups is 1. The maximum Gasteiger partial charge on any atom is 0.177 e. The van der Waals surface area contributed by atoms with Crippen LogP contribution in [0.1, 0.15) is 10.4 Å². The monoisotopic (exact) mass is 320 g/mol. The minimum atomic E-state index is 0.500. The van der Waals surface area contributed by atoms with Crippen molar-refractivity contribution in [3.63, 3.8) is 0 Å². The van der Waals surface area contributed by atoms with Crippen LogP contribution in [0.5, 0.6) is 11.5 Å². The van der Waals surface area contributed by atoms with Gasteiger partial charge in [0.05, 0.1) is 8.95 Å². The third-order valence-electron chi connectivity index (χ3n) is 1.86. The zero-order chi connectivity index (χ0) is 10.1. The van der Waals surface area contributed by atoms with Gasteiger partial charge >= 0.3 is 0 Å². The summed E-state index contributed by atoms with van der Waals surface area (Å²) >= 11 is 6.63. The van der Waals surface area contributed by atoms with Gasteiger partial charge in [-0.15, -0.1) is 0 Å². The lowest BCUT2D eigenvalue weighted by Crippen LogP contribution is -2.16. The predicted molar refractivity (Wildman–Crippen MR) is 58.2 cm³/mol. The fraction of sp³-hybridized carbons (Fsp3) is 0.222. The van der Waals surface area contributed by atoms with Gasteiger partial charge in [-0.2, -0.15) is 0 Å².